The summed E-state index contributed by atoms with van der Waals surface area (Å²) in [6.45, 7) is 3.33. The Hall–Kier alpha value is -0.930. The van der Waals surface area contributed by atoms with E-state index in [0.717, 1.165) is 13.1 Å². The summed E-state index contributed by atoms with van der Waals surface area (Å²) in [6, 6.07) is 4.87. The van der Waals surface area contributed by atoms with Crippen molar-refractivity contribution in [2.75, 3.05) is 20.1 Å². The highest BCUT2D eigenvalue weighted by atomic mass is 15.1. The molecule has 0 spiro atoms. The van der Waals surface area contributed by atoms with E-state index >= 15 is 0 Å². The molecule has 0 saturated carbocycles. The highest BCUT2D eigenvalue weighted by molar-refractivity contribution is 5.09. The molecule has 1 fully saturated rings. The number of likely N-dealkylation sites (N-methyl/N-ethyl adjacent to an activating group) is 1. The Morgan fingerprint density at radius 3 is 3.00 bits per heavy atom. The molecular formula is C13H21N3. The van der Waals surface area contributed by atoms with Crippen LogP contribution in [0.4, 0.5) is 0 Å². The summed E-state index contributed by atoms with van der Waals surface area (Å²) in [5.74, 6) is 0. The van der Waals surface area contributed by atoms with E-state index in [1.54, 1.807) is 0 Å². The highest BCUT2D eigenvalue weighted by Crippen LogP contribution is 2.12. The zero-order valence-electron chi connectivity index (χ0n) is 10.0. The summed E-state index contributed by atoms with van der Waals surface area (Å²) in [6.07, 6.45) is 7.72. The molecule has 1 aromatic rings. The van der Waals surface area contributed by atoms with Crippen molar-refractivity contribution >= 4 is 0 Å². The van der Waals surface area contributed by atoms with Crippen LogP contribution in [0.2, 0.25) is 0 Å². The number of nitrogens with zero attached hydrogens (tertiary/aromatic N) is 2. The number of pyridine rings is 1. The molecule has 88 valence electrons. The van der Waals surface area contributed by atoms with E-state index < -0.39 is 0 Å². The summed E-state index contributed by atoms with van der Waals surface area (Å²) in [5.41, 5.74) is 1.35. The first kappa shape index (κ1) is 11.6. The van der Waals surface area contributed by atoms with Gasteiger partial charge < -0.3 is 5.32 Å². The second-order valence-electron chi connectivity index (χ2n) is 4.62. The molecule has 0 bridgehead atoms. The predicted octanol–water partition coefficient (Wildman–Crippen LogP) is 1.66. The molecule has 1 saturated heterocycles. The molecular weight excluding hydrogens is 198 g/mol. The molecule has 1 atom stereocenters. The zero-order valence-corrected chi connectivity index (χ0v) is 10.0. The monoisotopic (exact) mass is 219 g/mol. The van der Waals surface area contributed by atoms with Gasteiger partial charge in [-0.15, -0.1) is 0 Å². The van der Waals surface area contributed by atoms with Gasteiger partial charge in [0.2, 0.25) is 0 Å². The van der Waals surface area contributed by atoms with Crippen molar-refractivity contribution in [1.29, 1.82) is 0 Å². The summed E-state index contributed by atoms with van der Waals surface area (Å²) < 4.78 is 0. The average molecular weight is 219 g/mol. The summed E-state index contributed by atoms with van der Waals surface area (Å²) in [5, 5.41) is 3.51. The Morgan fingerprint density at radius 1 is 1.38 bits per heavy atom. The Balaban J connectivity index is 1.89. The van der Waals surface area contributed by atoms with Crippen molar-refractivity contribution in [2.24, 2.45) is 0 Å². The molecule has 3 heteroatoms. The molecule has 0 radical (unpaired) electrons. The molecule has 2 rings (SSSR count). The lowest BCUT2D eigenvalue weighted by molar-refractivity contribution is 0.222. The molecule has 1 aliphatic rings. The van der Waals surface area contributed by atoms with Gasteiger partial charge in [0, 0.05) is 31.5 Å². The summed E-state index contributed by atoms with van der Waals surface area (Å²) in [7, 11) is 2.22. The van der Waals surface area contributed by atoms with Crippen LogP contribution in [0.1, 0.15) is 24.8 Å². The van der Waals surface area contributed by atoms with E-state index in [1.807, 2.05) is 12.4 Å². The van der Waals surface area contributed by atoms with E-state index in [0.29, 0.717) is 6.04 Å². The van der Waals surface area contributed by atoms with Crippen LogP contribution in [0.3, 0.4) is 0 Å². The lowest BCUT2D eigenvalue weighted by Crippen LogP contribution is -2.38. The number of hydrogen-bond acceptors (Lipinski definition) is 3. The minimum absolute atomic E-state index is 0.677. The first-order valence-corrected chi connectivity index (χ1v) is 6.16. The van der Waals surface area contributed by atoms with Crippen LogP contribution in [0.25, 0.3) is 0 Å². The fourth-order valence-corrected chi connectivity index (χ4v) is 2.28. The van der Waals surface area contributed by atoms with Crippen molar-refractivity contribution in [3.05, 3.63) is 30.1 Å². The van der Waals surface area contributed by atoms with Gasteiger partial charge in [0.05, 0.1) is 0 Å². The lowest BCUT2D eigenvalue weighted by Gasteiger charge is -2.26. The van der Waals surface area contributed by atoms with Gasteiger partial charge in [-0.2, -0.15) is 0 Å². The fourth-order valence-electron chi connectivity index (χ4n) is 2.28. The number of hydrogen-bond donors (Lipinski definition) is 1. The maximum atomic E-state index is 4.05. The van der Waals surface area contributed by atoms with Gasteiger partial charge in [-0.1, -0.05) is 6.42 Å². The molecule has 1 N–H and O–H groups in total. The second-order valence-corrected chi connectivity index (χ2v) is 4.62. The molecule has 1 unspecified atom stereocenters. The van der Waals surface area contributed by atoms with E-state index in [2.05, 4.69) is 34.4 Å². The first-order chi connectivity index (χ1) is 7.86. The van der Waals surface area contributed by atoms with Gasteiger partial charge in [-0.25, -0.2) is 0 Å². The van der Waals surface area contributed by atoms with Crippen LogP contribution in [0.15, 0.2) is 24.5 Å². The van der Waals surface area contributed by atoms with Crippen LogP contribution in [-0.4, -0.2) is 36.1 Å². The average Bonchev–Trinajstić information content (AvgIpc) is 2.59. The maximum absolute atomic E-state index is 4.05. The van der Waals surface area contributed by atoms with Crippen LogP contribution in [0.5, 0.6) is 0 Å². The summed E-state index contributed by atoms with van der Waals surface area (Å²) >= 11 is 0. The Bertz CT molecular complexity index is 291. The fraction of sp³-hybridized carbons (Fsp3) is 0.615. The maximum Gasteiger partial charge on any atom is 0.0271 e. The van der Waals surface area contributed by atoms with Gasteiger partial charge in [0.1, 0.15) is 0 Å². The topological polar surface area (TPSA) is 28.2 Å². The Kier molecular flexibility index (Phi) is 4.31. The van der Waals surface area contributed by atoms with Crippen molar-refractivity contribution in [2.45, 2.75) is 31.8 Å². The molecule has 3 nitrogen and oxygen atoms in total. The quantitative estimate of drug-likeness (QED) is 0.838. The standard InChI is InChI=1S/C13H21N3/c1-16(11-12-5-8-14-9-6-12)13-4-2-3-7-15-10-13/h5-6,8-9,13,15H,2-4,7,10-11H2,1H3. The third-order valence-electron chi connectivity index (χ3n) is 3.33. The molecule has 1 aromatic heterocycles. The van der Waals surface area contributed by atoms with Crippen LogP contribution in [-0.2, 0) is 6.54 Å². The van der Waals surface area contributed by atoms with E-state index in [-0.39, 0.29) is 0 Å². The zero-order chi connectivity index (χ0) is 11.2. The number of aromatic nitrogens is 1. The smallest absolute Gasteiger partial charge is 0.0271 e. The van der Waals surface area contributed by atoms with Gasteiger partial charge in [0.15, 0.2) is 0 Å². The van der Waals surface area contributed by atoms with E-state index in [1.165, 1.54) is 31.4 Å². The normalized spacial score (nSPS) is 22.0. The largest absolute Gasteiger partial charge is 0.315 e. The van der Waals surface area contributed by atoms with E-state index in [9.17, 15) is 0 Å². The molecule has 2 heterocycles. The van der Waals surface area contributed by atoms with E-state index in [4.69, 9.17) is 0 Å². The number of rotatable bonds is 3. The molecule has 0 aromatic carbocycles. The molecule has 1 aliphatic heterocycles. The SMILES string of the molecule is CN(Cc1ccncc1)C1CCCCNC1. The first-order valence-electron chi connectivity index (χ1n) is 6.16. The number of nitrogens with one attached hydrogen (secondary N) is 1. The molecule has 16 heavy (non-hydrogen) atoms. The Morgan fingerprint density at radius 2 is 2.19 bits per heavy atom. The van der Waals surface area contributed by atoms with Crippen LogP contribution < -0.4 is 5.32 Å². The lowest BCUT2D eigenvalue weighted by atomic mass is 10.1. The van der Waals surface area contributed by atoms with Gasteiger partial charge in [0.25, 0.3) is 0 Å². The van der Waals surface area contributed by atoms with Crippen molar-refractivity contribution in [3.63, 3.8) is 0 Å². The van der Waals surface area contributed by atoms with Crippen molar-refractivity contribution < 1.29 is 0 Å². The third kappa shape index (κ3) is 3.29. The summed E-state index contributed by atoms with van der Waals surface area (Å²) in [4.78, 5) is 6.50. The third-order valence-corrected chi connectivity index (χ3v) is 3.33. The predicted molar refractivity (Wildman–Crippen MR) is 66.2 cm³/mol. The second kappa shape index (κ2) is 5.97. The van der Waals surface area contributed by atoms with Crippen LogP contribution in [0, 0.1) is 0 Å². The van der Waals surface area contributed by atoms with Crippen molar-refractivity contribution in [1.82, 2.24) is 15.2 Å². The molecule has 0 amide bonds. The van der Waals surface area contributed by atoms with Gasteiger partial charge >= 0.3 is 0 Å². The van der Waals surface area contributed by atoms with Crippen molar-refractivity contribution in [3.8, 4) is 0 Å². The minimum atomic E-state index is 0.677. The van der Waals surface area contributed by atoms with Gasteiger partial charge in [-0.05, 0) is 44.1 Å². The highest BCUT2D eigenvalue weighted by Gasteiger charge is 2.16. The van der Waals surface area contributed by atoms with Crippen LogP contribution >= 0.6 is 0 Å². The minimum Gasteiger partial charge on any atom is -0.315 e. The molecule has 0 aliphatic carbocycles. The van der Waals surface area contributed by atoms with Gasteiger partial charge in [-0.3, -0.25) is 9.88 Å². The Labute approximate surface area is 97.9 Å².